The van der Waals surface area contributed by atoms with Crippen LogP contribution in [0.25, 0.3) is 0 Å². The van der Waals surface area contributed by atoms with Gasteiger partial charge in [0.05, 0.1) is 0 Å². The second kappa shape index (κ2) is 4.48. The van der Waals surface area contributed by atoms with Gasteiger partial charge >= 0.3 is 15.6 Å². The van der Waals surface area contributed by atoms with Crippen LogP contribution in [0.15, 0.2) is 0 Å². The first-order valence-electron chi connectivity index (χ1n) is 3.99. The SMILES string of the molecule is CC(=O)[C@@H](OS(=O)(=O)C(F)(F)F)C(C)C. The van der Waals surface area contributed by atoms with Crippen molar-refractivity contribution in [1.29, 1.82) is 0 Å². The van der Waals surface area contributed by atoms with Crippen molar-refractivity contribution in [2.45, 2.75) is 32.4 Å². The van der Waals surface area contributed by atoms with E-state index >= 15 is 0 Å². The zero-order valence-corrected chi connectivity index (χ0v) is 9.15. The largest absolute Gasteiger partial charge is 0.523 e. The molecule has 1 atom stereocenters. The highest BCUT2D eigenvalue weighted by molar-refractivity contribution is 7.87. The number of rotatable bonds is 4. The number of hydrogen-bond acceptors (Lipinski definition) is 4. The lowest BCUT2D eigenvalue weighted by atomic mass is 10.1. The maximum absolute atomic E-state index is 11.9. The van der Waals surface area contributed by atoms with Crippen LogP contribution in [0.4, 0.5) is 13.2 Å². The van der Waals surface area contributed by atoms with Crippen LogP contribution < -0.4 is 0 Å². The summed E-state index contributed by atoms with van der Waals surface area (Å²) in [6.07, 6.45) is -1.60. The fourth-order valence-corrected chi connectivity index (χ4v) is 1.58. The van der Waals surface area contributed by atoms with Gasteiger partial charge in [0.2, 0.25) is 0 Å². The Morgan fingerprint density at radius 2 is 1.67 bits per heavy atom. The number of hydrogen-bond donors (Lipinski definition) is 0. The lowest BCUT2D eigenvalue weighted by Crippen LogP contribution is -2.36. The van der Waals surface area contributed by atoms with Crippen LogP contribution >= 0.6 is 0 Å². The first-order chi connectivity index (χ1) is 6.49. The van der Waals surface area contributed by atoms with Crippen molar-refractivity contribution in [3.63, 3.8) is 0 Å². The topological polar surface area (TPSA) is 60.4 Å². The monoisotopic (exact) mass is 248 g/mol. The van der Waals surface area contributed by atoms with Gasteiger partial charge in [0.25, 0.3) is 0 Å². The van der Waals surface area contributed by atoms with Crippen molar-refractivity contribution in [2.24, 2.45) is 5.92 Å². The predicted molar refractivity (Wildman–Crippen MR) is 45.4 cm³/mol. The average Bonchev–Trinajstić information content (AvgIpc) is 1.96. The molecule has 4 nitrogen and oxygen atoms in total. The van der Waals surface area contributed by atoms with Gasteiger partial charge in [0.15, 0.2) is 5.78 Å². The molecule has 90 valence electrons. The minimum Gasteiger partial charge on any atom is -0.297 e. The van der Waals surface area contributed by atoms with Crippen molar-refractivity contribution in [3.05, 3.63) is 0 Å². The third-order valence-electron chi connectivity index (χ3n) is 1.52. The number of halogens is 3. The number of Topliss-reactive ketones (excluding diaryl/α,β-unsaturated/α-hetero) is 1. The van der Waals surface area contributed by atoms with E-state index in [1.165, 1.54) is 13.8 Å². The molecule has 0 rings (SSSR count). The molecule has 0 aliphatic heterocycles. The molecule has 0 aliphatic carbocycles. The first-order valence-corrected chi connectivity index (χ1v) is 5.40. The lowest BCUT2D eigenvalue weighted by Gasteiger charge is -2.18. The van der Waals surface area contributed by atoms with Gasteiger partial charge in [-0.3, -0.25) is 8.98 Å². The van der Waals surface area contributed by atoms with Gasteiger partial charge in [-0.1, -0.05) is 13.8 Å². The predicted octanol–water partition coefficient (Wildman–Crippen LogP) is 1.47. The van der Waals surface area contributed by atoms with E-state index in [2.05, 4.69) is 4.18 Å². The summed E-state index contributed by atoms with van der Waals surface area (Å²) in [6, 6.07) is 0. The normalized spacial score (nSPS) is 15.4. The average molecular weight is 248 g/mol. The maximum atomic E-state index is 11.9. The first kappa shape index (κ1) is 14.4. The lowest BCUT2D eigenvalue weighted by molar-refractivity contribution is -0.126. The Morgan fingerprint density at radius 1 is 1.27 bits per heavy atom. The molecule has 0 saturated carbocycles. The molecule has 8 heteroatoms. The molecule has 15 heavy (non-hydrogen) atoms. The van der Waals surface area contributed by atoms with Crippen molar-refractivity contribution >= 4 is 15.9 Å². The molecule has 0 aliphatic rings. The minimum absolute atomic E-state index is 0.653. The van der Waals surface area contributed by atoms with Crippen molar-refractivity contribution in [3.8, 4) is 0 Å². The smallest absolute Gasteiger partial charge is 0.297 e. The summed E-state index contributed by atoms with van der Waals surface area (Å²) >= 11 is 0. The van der Waals surface area contributed by atoms with E-state index < -0.39 is 33.4 Å². The fraction of sp³-hybridized carbons (Fsp3) is 0.857. The van der Waals surface area contributed by atoms with E-state index in [-0.39, 0.29) is 0 Å². The Morgan fingerprint density at radius 3 is 1.87 bits per heavy atom. The Hall–Kier alpha value is -0.630. The highest BCUT2D eigenvalue weighted by Crippen LogP contribution is 2.27. The summed E-state index contributed by atoms with van der Waals surface area (Å²) in [5.74, 6) is -1.42. The molecule has 0 aromatic rings. The van der Waals surface area contributed by atoms with Crippen molar-refractivity contribution < 1.29 is 30.6 Å². The van der Waals surface area contributed by atoms with Gasteiger partial charge in [-0.2, -0.15) is 21.6 Å². The van der Waals surface area contributed by atoms with E-state index in [0.29, 0.717) is 0 Å². The molecule has 0 fully saturated rings. The second-order valence-electron chi connectivity index (χ2n) is 3.27. The van der Waals surface area contributed by atoms with Gasteiger partial charge in [0, 0.05) is 0 Å². The summed E-state index contributed by atoms with van der Waals surface area (Å²) in [7, 11) is -5.71. The third kappa shape index (κ3) is 3.78. The molecular weight excluding hydrogens is 237 g/mol. The van der Waals surface area contributed by atoms with Crippen LogP contribution in [0.2, 0.25) is 0 Å². The molecule has 0 saturated heterocycles. The van der Waals surface area contributed by atoms with Gasteiger partial charge in [-0.25, -0.2) is 0 Å². The van der Waals surface area contributed by atoms with E-state index in [1.807, 2.05) is 0 Å². The highest BCUT2D eigenvalue weighted by Gasteiger charge is 2.49. The van der Waals surface area contributed by atoms with Crippen LogP contribution in [0.1, 0.15) is 20.8 Å². The van der Waals surface area contributed by atoms with Crippen LogP contribution in [0.3, 0.4) is 0 Å². The summed E-state index contributed by atoms with van der Waals surface area (Å²) in [5, 5.41) is 0. The minimum atomic E-state index is -5.71. The van der Waals surface area contributed by atoms with Crippen molar-refractivity contribution in [1.82, 2.24) is 0 Å². The van der Waals surface area contributed by atoms with E-state index in [4.69, 9.17) is 0 Å². The van der Waals surface area contributed by atoms with Gasteiger partial charge in [-0.15, -0.1) is 0 Å². The molecule has 0 amide bonds. The zero-order chi connectivity index (χ0) is 12.4. The highest BCUT2D eigenvalue weighted by atomic mass is 32.2. The van der Waals surface area contributed by atoms with E-state index in [1.54, 1.807) is 0 Å². The van der Waals surface area contributed by atoms with Crippen molar-refractivity contribution in [2.75, 3.05) is 0 Å². The van der Waals surface area contributed by atoms with Crippen LogP contribution in [0.5, 0.6) is 0 Å². The molecule has 0 N–H and O–H groups in total. The Kier molecular flexibility index (Phi) is 4.29. The Bertz CT molecular complexity index is 331. The number of carbonyl (C=O) groups is 1. The molecule has 0 unspecified atom stereocenters. The van der Waals surface area contributed by atoms with Crippen LogP contribution in [0, 0.1) is 5.92 Å². The third-order valence-corrected chi connectivity index (χ3v) is 2.55. The quantitative estimate of drug-likeness (QED) is 0.558. The molecule has 0 bridgehead atoms. The van der Waals surface area contributed by atoms with E-state index in [9.17, 15) is 26.4 Å². The Balaban J connectivity index is 4.93. The fourth-order valence-electron chi connectivity index (χ4n) is 0.839. The molecular formula is C7H11F3O4S. The summed E-state index contributed by atoms with van der Waals surface area (Å²) < 4.78 is 60.7. The molecule has 0 spiro atoms. The molecule has 0 aromatic heterocycles. The summed E-state index contributed by atoms with van der Waals surface area (Å²) in [4.78, 5) is 10.8. The van der Waals surface area contributed by atoms with Crippen LogP contribution in [-0.4, -0.2) is 25.8 Å². The molecule has 0 aromatic carbocycles. The molecule has 0 radical (unpaired) electrons. The standard InChI is InChI=1S/C7H11F3O4S/c1-4(2)6(5(3)11)14-15(12,13)7(8,9)10/h4,6H,1-3H3/t6-/m0/s1. The second-order valence-corrected chi connectivity index (χ2v) is 4.83. The van der Waals surface area contributed by atoms with Crippen LogP contribution in [-0.2, 0) is 19.1 Å². The van der Waals surface area contributed by atoms with Gasteiger partial charge in [0.1, 0.15) is 6.10 Å². The Labute approximate surface area is 85.5 Å². The van der Waals surface area contributed by atoms with Gasteiger partial charge < -0.3 is 0 Å². The number of carbonyl (C=O) groups excluding carboxylic acids is 1. The summed E-state index contributed by atoms with van der Waals surface area (Å²) in [5.41, 5.74) is -5.50. The summed E-state index contributed by atoms with van der Waals surface area (Å²) in [6.45, 7) is 3.74. The maximum Gasteiger partial charge on any atom is 0.523 e. The number of ketones is 1. The zero-order valence-electron chi connectivity index (χ0n) is 8.33. The number of alkyl halides is 3. The molecule has 0 heterocycles. The van der Waals surface area contributed by atoms with E-state index in [0.717, 1.165) is 6.92 Å². The van der Waals surface area contributed by atoms with Gasteiger partial charge in [-0.05, 0) is 12.8 Å².